The number of fused-ring (bicyclic) bond motifs is 2. The van der Waals surface area contributed by atoms with E-state index in [9.17, 15) is 19.5 Å². The number of rotatable bonds is 12. The molecular weight excluding hydrogens is 580 g/mol. The molecule has 3 unspecified atom stereocenters. The third-order valence-corrected chi connectivity index (χ3v) is 9.13. The quantitative estimate of drug-likeness (QED) is 0.219. The number of aliphatic hydroxyl groups excluding tert-OH is 1. The summed E-state index contributed by atoms with van der Waals surface area (Å²) in [7, 11) is 1.68. The Balaban J connectivity index is 1.53. The lowest BCUT2D eigenvalue weighted by atomic mass is 9.70. The van der Waals surface area contributed by atoms with Gasteiger partial charge in [-0.15, -0.1) is 18.3 Å². The number of aliphatic hydroxyl groups is 1. The SMILES string of the molecule is C=CCN(C)C(=O)[C@H]1[C@@H]2OC3(CC2Br)C(C(=O)N(CC=C)Cn2nnc4ccccc42)N(CCCCO)C(=O)[C@H]13. The molecule has 0 radical (unpaired) electrons. The highest BCUT2D eigenvalue weighted by atomic mass is 79.9. The summed E-state index contributed by atoms with van der Waals surface area (Å²) < 4.78 is 8.24. The van der Waals surface area contributed by atoms with Crippen molar-refractivity contribution in [1.82, 2.24) is 29.7 Å². The topological polar surface area (TPSA) is 121 Å². The molecule has 1 N–H and O–H groups in total. The number of hydrogen-bond acceptors (Lipinski definition) is 7. The third-order valence-electron chi connectivity index (χ3n) is 8.28. The Hall–Kier alpha value is -3.09. The van der Waals surface area contributed by atoms with E-state index in [4.69, 9.17) is 4.74 Å². The number of halogens is 1. The highest BCUT2D eigenvalue weighted by molar-refractivity contribution is 9.09. The Labute approximate surface area is 241 Å². The molecule has 40 heavy (non-hydrogen) atoms. The summed E-state index contributed by atoms with van der Waals surface area (Å²) in [6.07, 6.45) is 4.16. The molecule has 3 aliphatic rings. The van der Waals surface area contributed by atoms with E-state index in [1.807, 2.05) is 24.3 Å². The van der Waals surface area contributed by atoms with Crippen molar-refractivity contribution in [3.05, 3.63) is 49.6 Å². The summed E-state index contributed by atoms with van der Waals surface area (Å²) in [4.78, 5) is 46.8. The molecule has 4 heterocycles. The molecule has 3 aliphatic heterocycles. The van der Waals surface area contributed by atoms with Crippen molar-refractivity contribution in [1.29, 1.82) is 0 Å². The van der Waals surface area contributed by atoms with Crippen molar-refractivity contribution in [2.24, 2.45) is 11.8 Å². The van der Waals surface area contributed by atoms with Crippen LogP contribution < -0.4 is 0 Å². The minimum Gasteiger partial charge on any atom is -0.396 e. The Morgan fingerprint density at radius 3 is 2.70 bits per heavy atom. The molecular formula is C28H35BrN6O5. The molecule has 2 bridgehead atoms. The summed E-state index contributed by atoms with van der Waals surface area (Å²) in [6.45, 7) is 8.48. The van der Waals surface area contributed by atoms with E-state index in [-0.39, 0.29) is 48.9 Å². The van der Waals surface area contributed by atoms with E-state index in [2.05, 4.69) is 39.4 Å². The van der Waals surface area contributed by atoms with Crippen molar-refractivity contribution in [3.8, 4) is 0 Å². The van der Waals surface area contributed by atoms with E-state index in [0.717, 1.165) is 5.52 Å². The smallest absolute Gasteiger partial charge is 0.250 e. The van der Waals surface area contributed by atoms with Gasteiger partial charge in [0.15, 0.2) is 0 Å². The zero-order valence-electron chi connectivity index (χ0n) is 22.6. The molecule has 3 fully saturated rings. The minimum atomic E-state index is -1.16. The van der Waals surface area contributed by atoms with Gasteiger partial charge < -0.3 is 24.5 Å². The first-order valence-corrected chi connectivity index (χ1v) is 14.5. The van der Waals surface area contributed by atoms with Crippen LogP contribution in [0.5, 0.6) is 0 Å². The molecule has 0 aliphatic carbocycles. The maximum atomic E-state index is 14.5. The number of aromatic nitrogens is 3. The van der Waals surface area contributed by atoms with Gasteiger partial charge in [0.25, 0.3) is 0 Å². The third kappa shape index (κ3) is 4.55. The van der Waals surface area contributed by atoms with Crippen LogP contribution in [0.1, 0.15) is 19.3 Å². The van der Waals surface area contributed by atoms with Crippen LogP contribution in [0.4, 0.5) is 0 Å². The number of ether oxygens (including phenoxy) is 1. The summed E-state index contributed by atoms with van der Waals surface area (Å²) in [6, 6.07) is 6.55. The zero-order valence-corrected chi connectivity index (χ0v) is 24.1. The van der Waals surface area contributed by atoms with Crippen LogP contribution in [0.25, 0.3) is 11.0 Å². The van der Waals surface area contributed by atoms with Crippen LogP contribution in [-0.2, 0) is 25.8 Å². The normalized spacial score (nSPS) is 28.6. The van der Waals surface area contributed by atoms with E-state index in [1.165, 1.54) is 0 Å². The standard InChI is InChI=1S/C28H35BrN6O5/c1-4-12-32(3)25(37)21-22-26(38)34(14-8-9-15-36)24(28(22)16-18(29)23(21)40-28)27(39)33(13-5-2)17-35-20-11-7-6-10-19(20)30-31-35/h4-7,10-11,18,21-24,36H,1-2,8-9,12-17H2,3H3/t18?,21-,22+,23-,24?,28?/m1/s1. The minimum absolute atomic E-state index is 0.0211. The molecule has 1 aromatic heterocycles. The van der Waals surface area contributed by atoms with Gasteiger partial charge in [0.05, 0.1) is 23.5 Å². The van der Waals surface area contributed by atoms with Gasteiger partial charge in [-0.3, -0.25) is 14.4 Å². The van der Waals surface area contributed by atoms with Gasteiger partial charge in [0.2, 0.25) is 17.7 Å². The van der Waals surface area contributed by atoms with Gasteiger partial charge in [-0.1, -0.05) is 45.4 Å². The molecule has 1 spiro atoms. The fourth-order valence-corrected chi connectivity index (χ4v) is 7.54. The number of likely N-dealkylation sites (N-methyl/N-ethyl adjacent to an activating group) is 1. The summed E-state index contributed by atoms with van der Waals surface area (Å²) in [5.41, 5.74) is 0.321. The lowest BCUT2D eigenvalue weighted by molar-refractivity contribution is -0.149. The van der Waals surface area contributed by atoms with Gasteiger partial charge in [-0.05, 0) is 31.4 Å². The Kier molecular flexibility index (Phi) is 8.12. The Bertz CT molecular complexity index is 1320. The van der Waals surface area contributed by atoms with Crippen molar-refractivity contribution in [3.63, 3.8) is 0 Å². The van der Waals surface area contributed by atoms with Crippen LogP contribution in [0.2, 0.25) is 0 Å². The van der Waals surface area contributed by atoms with Gasteiger partial charge >= 0.3 is 0 Å². The molecule has 12 heteroatoms. The van der Waals surface area contributed by atoms with Crippen molar-refractivity contribution in [2.45, 2.75) is 48.5 Å². The number of amides is 3. The second kappa shape index (κ2) is 11.4. The van der Waals surface area contributed by atoms with E-state index < -0.39 is 29.6 Å². The van der Waals surface area contributed by atoms with Crippen LogP contribution >= 0.6 is 15.9 Å². The van der Waals surface area contributed by atoms with Crippen molar-refractivity contribution >= 4 is 44.7 Å². The highest BCUT2D eigenvalue weighted by Crippen LogP contribution is 2.60. The zero-order chi connectivity index (χ0) is 28.6. The highest BCUT2D eigenvalue weighted by Gasteiger charge is 2.76. The largest absolute Gasteiger partial charge is 0.396 e. The second-order valence-corrected chi connectivity index (χ2v) is 11.9. The van der Waals surface area contributed by atoms with E-state index in [0.29, 0.717) is 31.3 Å². The molecule has 5 rings (SSSR count). The number of para-hydroxylation sites is 1. The maximum Gasteiger partial charge on any atom is 0.250 e. The van der Waals surface area contributed by atoms with Crippen LogP contribution in [0.3, 0.4) is 0 Å². The molecule has 6 atom stereocenters. The molecule has 2 aromatic rings. The average Bonchev–Trinajstić information content (AvgIpc) is 3.65. The lowest BCUT2D eigenvalue weighted by Gasteiger charge is -2.37. The Morgan fingerprint density at radius 2 is 1.98 bits per heavy atom. The van der Waals surface area contributed by atoms with Crippen LogP contribution in [0, 0.1) is 11.8 Å². The lowest BCUT2D eigenvalue weighted by Crippen LogP contribution is -2.57. The van der Waals surface area contributed by atoms with Gasteiger partial charge in [0, 0.05) is 38.1 Å². The number of nitrogens with zero attached hydrogens (tertiary/aromatic N) is 6. The number of carbonyl (C=O) groups excluding carboxylic acids is 3. The first-order valence-electron chi connectivity index (χ1n) is 13.6. The predicted molar refractivity (Wildman–Crippen MR) is 151 cm³/mol. The number of likely N-dealkylation sites (tertiary alicyclic amines) is 1. The Morgan fingerprint density at radius 1 is 1.23 bits per heavy atom. The van der Waals surface area contributed by atoms with Crippen molar-refractivity contribution < 1.29 is 24.2 Å². The average molecular weight is 616 g/mol. The fourth-order valence-electron chi connectivity index (χ4n) is 6.59. The first-order chi connectivity index (χ1) is 19.3. The molecule has 0 saturated carbocycles. The van der Waals surface area contributed by atoms with Crippen molar-refractivity contribution in [2.75, 3.05) is 33.3 Å². The van der Waals surface area contributed by atoms with E-state index >= 15 is 0 Å². The van der Waals surface area contributed by atoms with E-state index in [1.54, 1.807) is 38.6 Å². The van der Waals surface area contributed by atoms with Gasteiger partial charge in [-0.25, -0.2) is 4.68 Å². The molecule has 214 valence electrons. The summed E-state index contributed by atoms with van der Waals surface area (Å²) >= 11 is 3.71. The number of carbonyl (C=O) groups is 3. The monoisotopic (exact) mass is 614 g/mol. The second-order valence-electron chi connectivity index (χ2n) is 10.7. The summed E-state index contributed by atoms with van der Waals surface area (Å²) in [5.74, 6) is -2.26. The molecule has 3 saturated heterocycles. The molecule has 1 aromatic carbocycles. The first kappa shape index (κ1) is 28.4. The fraction of sp³-hybridized carbons (Fsp3) is 0.536. The number of unbranched alkanes of at least 4 members (excludes halogenated alkanes) is 1. The number of alkyl halides is 1. The van der Waals surface area contributed by atoms with Crippen LogP contribution in [0.15, 0.2) is 49.6 Å². The summed E-state index contributed by atoms with van der Waals surface area (Å²) in [5, 5.41) is 17.9. The number of benzene rings is 1. The molecule has 11 nitrogen and oxygen atoms in total. The van der Waals surface area contributed by atoms with Crippen LogP contribution in [-0.4, -0.2) is 108 Å². The predicted octanol–water partition coefficient (Wildman–Crippen LogP) is 1.57. The van der Waals surface area contributed by atoms with Gasteiger partial charge in [0.1, 0.15) is 23.8 Å². The number of hydrogen-bond donors (Lipinski definition) is 1. The maximum absolute atomic E-state index is 14.5. The molecule has 3 amide bonds. The van der Waals surface area contributed by atoms with Gasteiger partial charge in [-0.2, -0.15) is 0 Å².